The zero-order valence-corrected chi connectivity index (χ0v) is 5.97. The van der Waals surface area contributed by atoms with E-state index in [-0.39, 0.29) is 0 Å². The summed E-state index contributed by atoms with van der Waals surface area (Å²) >= 11 is 0. The Morgan fingerprint density at radius 2 is 2.09 bits per heavy atom. The second-order valence-corrected chi connectivity index (χ2v) is 2.58. The van der Waals surface area contributed by atoms with Gasteiger partial charge in [-0.1, -0.05) is 0 Å². The highest BCUT2D eigenvalue weighted by Crippen LogP contribution is 2.18. The van der Waals surface area contributed by atoms with E-state index >= 15 is 0 Å². The van der Waals surface area contributed by atoms with Crippen molar-refractivity contribution in [2.75, 3.05) is 0 Å². The number of hydrogen-bond donors (Lipinski definition) is 3. The van der Waals surface area contributed by atoms with Crippen LogP contribution in [0.2, 0.25) is 0 Å². The fraction of sp³-hybridized carbons (Fsp3) is 0.833. The molecule has 0 aromatic carbocycles. The van der Waals surface area contributed by atoms with Gasteiger partial charge in [0.15, 0.2) is 12.2 Å². The van der Waals surface area contributed by atoms with E-state index < -0.39 is 30.4 Å². The summed E-state index contributed by atoms with van der Waals surface area (Å²) in [6.07, 6.45) is -4.80. The van der Waals surface area contributed by atoms with Gasteiger partial charge >= 0.3 is 5.97 Å². The lowest BCUT2D eigenvalue weighted by Crippen LogP contribution is -2.37. The lowest BCUT2D eigenvalue weighted by atomic mass is 10.1. The molecule has 1 heterocycles. The molecular formula is C6H10O5. The Labute approximate surface area is 63.2 Å². The molecule has 0 saturated carbocycles. The lowest BCUT2D eigenvalue weighted by Gasteiger charge is -2.15. The molecule has 0 aliphatic carbocycles. The van der Waals surface area contributed by atoms with Crippen LogP contribution in [-0.2, 0) is 9.53 Å². The first kappa shape index (κ1) is 8.45. The molecule has 11 heavy (non-hydrogen) atoms. The molecule has 3 N–H and O–H groups in total. The van der Waals surface area contributed by atoms with E-state index in [0.29, 0.717) is 0 Å². The van der Waals surface area contributed by atoms with Crippen LogP contribution in [0.1, 0.15) is 6.92 Å². The third kappa shape index (κ3) is 1.35. The summed E-state index contributed by atoms with van der Waals surface area (Å²) in [5.41, 5.74) is 0. The van der Waals surface area contributed by atoms with Gasteiger partial charge in [0.2, 0.25) is 0 Å². The van der Waals surface area contributed by atoms with Gasteiger partial charge in [0.25, 0.3) is 0 Å². The summed E-state index contributed by atoms with van der Waals surface area (Å²) in [5.74, 6) is -0.886. The Kier molecular flexibility index (Phi) is 2.12. The van der Waals surface area contributed by atoms with Crippen molar-refractivity contribution in [3.8, 4) is 0 Å². The first-order valence-corrected chi connectivity index (χ1v) is 3.28. The van der Waals surface area contributed by atoms with Gasteiger partial charge in [0, 0.05) is 0 Å². The van der Waals surface area contributed by atoms with Crippen molar-refractivity contribution in [2.45, 2.75) is 31.3 Å². The standard InChI is InChI=1S/C6H10O5/c1-2(7)5-3(8)4(9)6(10)11-5/h2-5,7-9H,1H3/t2?,3-,4-,5-/m0/s1. The summed E-state index contributed by atoms with van der Waals surface area (Å²) in [4.78, 5) is 10.6. The van der Waals surface area contributed by atoms with Gasteiger partial charge in [-0.3, -0.25) is 0 Å². The number of esters is 1. The average Bonchev–Trinajstić information content (AvgIpc) is 2.17. The molecule has 1 aliphatic rings. The van der Waals surface area contributed by atoms with Crippen LogP contribution in [0.15, 0.2) is 0 Å². The minimum absolute atomic E-state index is 0.886. The summed E-state index contributed by atoms with van der Waals surface area (Å²) in [6.45, 7) is 1.37. The van der Waals surface area contributed by atoms with Crippen molar-refractivity contribution in [3.63, 3.8) is 0 Å². The van der Waals surface area contributed by atoms with Crippen molar-refractivity contribution < 1.29 is 24.9 Å². The monoisotopic (exact) mass is 162 g/mol. The van der Waals surface area contributed by atoms with E-state index in [1.807, 2.05) is 0 Å². The number of hydrogen-bond acceptors (Lipinski definition) is 5. The van der Waals surface area contributed by atoms with Crippen LogP contribution in [-0.4, -0.2) is 45.7 Å². The molecule has 1 rings (SSSR count). The molecule has 0 radical (unpaired) electrons. The molecule has 1 unspecified atom stereocenters. The molecule has 1 aliphatic heterocycles. The predicted molar refractivity (Wildman–Crippen MR) is 33.6 cm³/mol. The maximum absolute atomic E-state index is 10.6. The Morgan fingerprint density at radius 3 is 2.27 bits per heavy atom. The molecule has 0 amide bonds. The Balaban J connectivity index is 2.67. The van der Waals surface area contributed by atoms with E-state index in [2.05, 4.69) is 4.74 Å². The minimum Gasteiger partial charge on any atom is -0.455 e. The molecule has 0 aromatic rings. The van der Waals surface area contributed by atoms with Crippen molar-refractivity contribution in [1.82, 2.24) is 0 Å². The minimum atomic E-state index is -1.52. The molecule has 5 nitrogen and oxygen atoms in total. The molecule has 1 saturated heterocycles. The third-order valence-corrected chi connectivity index (χ3v) is 1.63. The molecule has 4 atom stereocenters. The molecule has 64 valence electrons. The maximum atomic E-state index is 10.6. The number of carbonyl (C=O) groups is 1. The van der Waals surface area contributed by atoms with Gasteiger partial charge in [-0.25, -0.2) is 4.79 Å². The Hall–Kier alpha value is -0.650. The molecule has 0 bridgehead atoms. The largest absolute Gasteiger partial charge is 0.455 e. The second kappa shape index (κ2) is 2.77. The molecule has 0 aromatic heterocycles. The second-order valence-electron chi connectivity index (χ2n) is 2.58. The van der Waals surface area contributed by atoms with Crippen molar-refractivity contribution in [3.05, 3.63) is 0 Å². The van der Waals surface area contributed by atoms with E-state index in [1.165, 1.54) is 6.92 Å². The summed E-state index contributed by atoms with van der Waals surface area (Å²) in [6, 6.07) is 0. The number of ether oxygens (including phenoxy) is 1. The van der Waals surface area contributed by atoms with Crippen molar-refractivity contribution >= 4 is 5.97 Å². The van der Waals surface area contributed by atoms with Crippen LogP contribution in [0.4, 0.5) is 0 Å². The smallest absolute Gasteiger partial charge is 0.338 e. The fourth-order valence-electron chi connectivity index (χ4n) is 0.976. The number of cyclic esters (lactones) is 1. The predicted octanol–water partition coefficient (Wildman–Crippen LogP) is -1.99. The van der Waals surface area contributed by atoms with Gasteiger partial charge in [0.1, 0.15) is 6.10 Å². The SMILES string of the molecule is CC(O)[C@@H]1OC(=O)[C@@H](O)[C@@H]1O. The first-order chi connectivity index (χ1) is 5.04. The van der Waals surface area contributed by atoms with Gasteiger partial charge in [-0.05, 0) is 6.92 Å². The summed E-state index contributed by atoms with van der Waals surface area (Å²) in [5, 5.41) is 26.8. The van der Waals surface area contributed by atoms with Crippen LogP contribution >= 0.6 is 0 Å². The van der Waals surface area contributed by atoms with Gasteiger partial charge in [0.05, 0.1) is 6.10 Å². The molecule has 5 heteroatoms. The maximum Gasteiger partial charge on any atom is 0.338 e. The van der Waals surface area contributed by atoms with Gasteiger partial charge in [-0.2, -0.15) is 0 Å². The lowest BCUT2D eigenvalue weighted by molar-refractivity contribution is -0.150. The van der Waals surface area contributed by atoms with E-state index in [4.69, 9.17) is 15.3 Å². The van der Waals surface area contributed by atoms with Crippen molar-refractivity contribution in [2.24, 2.45) is 0 Å². The van der Waals surface area contributed by atoms with Crippen LogP contribution in [0.5, 0.6) is 0 Å². The molecule has 1 fully saturated rings. The van der Waals surface area contributed by atoms with E-state index in [0.717, 1.165) is 0 Å². The van der Waals surface area contributed by atoms with Crippen LogP contribution < -0.4 is 0 Å². The molecule has 0 spiro atoms. The van der Waals surface area contributed by atoms with Crippen LogP contribution in [0, 0.1) is 0 Å². The normalized spacial score (nSPS) is 40.4. The first-order valence-electron chi connectivity index (χ1n) is 3.28. The summed E-state index contributed by atoms with van der Waals surface area (Å²) < 4.78 is 4.46. The number of carbonyl (C=O) groups excluding carboxylic acids is 1. The number of aliphatic hydroxyl groups is 3. The van der Waals surface area contributed by atoms with Gasteiger partial charge in [-0.15, -0.1) is 0 Å². The molecular weight excluding hydrogens is 152 g/mol. The Morgan fingerprint density at radius 1 is 1.55 bits per heavy atom. The summed E-state index contributed by atoms with van der Waals surface area (Å²) in [7, 11) is 0. The van der Waals surface area contributed by atoms with E-state index in [1.54, 1.807) is 0 Å². The number of aliphatic hydroxyl groups excluding tert-OH is 3. The van der Waals surface area contributed by atoms with Crippen LogP contribution in [0.3, 0.4) is 0 Å². The highest BCUT2D eigenvalue weighted by molar-refractivity contribution is 5.77. The van der Waals surface area contributed by atoms with E-state index in [9.17, 15) is 4.79 Å². The highest BCUT2D eigenvalue weighted by atomic mass is 16.6. The zero-order chi connectivity index (χ0) is 8.59. The number of rotatable bonds is 1. The topological polar surface area (TPSA) is 87.0 Å². The average molecular weight is 162 g/mol. The van der Waals surface area contributed by atoms with Gasteiger partial charge < -0.3 is 20.1 Å². The quantitative estimate of drug-likeness (QED) is 0.389. The highest BCUT2D eigenvalue weighted by Gasteiger charge is 2.44. The Bertz CT molecular complexity index is 166. The third-order valence-electron chi connectivity index (χ3n) is 1.63. The fourth-order valence-corrected chi connectivity index (χ4v) is 0.976. The zero-order valence-electron chi connectivity index (χ0n) is 5.97. The van der Waals surface area contributed by atoms with Crippen LogP contribution in [0.25, 0.3) is 0 Å². The van der Waals surface area contributed by atoms with Crippen molar-refractivity contribution in [1.29, 1.82) is 0 Å².